The lowest BCUT2D eigenvalue weighted by Gasteiger charge is -2.14. The summed E-state index contributed by atoms with van der Waals surface area (Å²) in [4.78, 5) is 28.6. The number of benzene rings is 2. The third-order valence-electron chi connectivity index (χ3n) is 3.69. The van der Waals surface area contributed by atoms with E-state index in [1.807, 2.05) is 74.4 Å². The number of ketones is 2. The van der Waals surface area contributed by atoms with Crippen LogP contribution in [0.25, 0.3) is 0 Å². The summed E-state index contributed by atoms with van der Waals surface area (Å²) in [5.41, 5.74) is 3.01. The smallest absolute Gasteiger partial charge is 0.170 e. The highest BCUT2D eigenvalue weighted by atomic mass is 16.1. The Hall–Kier alpha value is -2.62. The van der Waals surface area contributed by atoms with Gasteiger partial charge in [-0.2, -0.15) is 0 Å². The van der Waals surface area contributed by atoms with Gasteiger partial charge < -0.3 is 9.80 Å². The molecule has 0 radical (unpaired) electrons. The molecule has 0 N–H and O–H groups in total. The van der Waals surface area contributed by atoms with E-state index in [-0.39, 0.29) is 18.0 Å². The van der Waals surface area contributed by atoms with Crippen LogP contribution in [-0.2, 0) is 0 Å². The van der Waals surface area contributed by atoms with Gasteiger partial charge >= 0.3 is 0 Å². The number of Topliss-reactive ketones (excluding diaryl/α,β-unsaturated/α-hetero) is 2. The van der Waals surface area contributed by atoms with Crippen molar-refractivity contribution in [3.05, 3.63) is 59.7 Å². The molecule has 0 bridgehead atoms. The Labute approximate surface area is 137 Å². The monoisotopic (exact) mass is 310 g/mol. The van der Waals surface area contributed by atoms with Gasteiger partial charge in [-0.3, -0.25) is 9.59 Å². The van der Waals surface area contributed by atoms with Gasteiger partial charge in [0.1, 0.15) is 0 Å². The van der Waals surface area contributed by atoms with Crippen LogP contribution in [0.4, 0.5) is 11.4 Å². The SMILES string of the molecule is CN(C)c1cccc(C(=O)CC(=O)c2cccc(N(C)C)c2)c1. The second-order valence-corrected chi connectivity index (χ2v) is 5.91. The number of carbonyl (C=O) groups is 2. The van der Waals surface area contributed by atoms with Gasteiger partial charge in [-0.15, -0.1) is 0 Å². The normalized spacial score (nSPS) is 10.3. The third kappa shape index (κ3) is 4.19. The Balaban J connectivity index is 2.15. The summed E-state index contributed by atoms with van der Waals surface area (Å²) in [6.07, 6.45) is -0.117. The molecule has 2 aromatic rings. The van der Waals surface area contributed by atoms with Gasteiger partial charge in [0.05, 0.1) is 6.42 Å². The van der Waals surface area contributed by atoms with Gasteiger partial charge in [-0.1, -0.05) is 24.3 Å². The number of anilines is 2. The zero-order valence-corrected chi connectivity index (χ0v) is 14.0. The molecule has 0 amide bonds. The van der Waals surface area contributed by atoms with E-state index in [0.29, 0.717) is 11.1 Å². The van der Waals surface area contributed by atoms with Gasteiger partial charge in [0.2, 0.25) is 0 Å². The average molecular weight is 310 g/mol. The lowest BCUT2D eigenvalue weighted by atomic mass is 10.0. The predicted octanol–water partition coefficient (Wildman–Crippen LogP) is 3.27. The van der Waals surface area contributed by atoms with Crippen LogP contribution in [0.15, 0.2) is 48.5 Å². The molecule has 2 rings (SSSR count). The van der Waals surface area contributed by atoms with E-state index in [1.165, 1.54) is 0 Å². The van der Waals surface area contributed by atoms with Crippen molar-refractivity contribution < 1.29 is 9.59 Å². The molecule has 0 aliphatic carbocycles. The van der Waals surface area contributed by atoms with Crippen molar-refractivity contribution in [3.63, 3.8) is 0 Å². The Bertz CT molecular complexity index is 659. The summed E-state index contributed by atoms with van der Waals surface area (Å²) in [7, 11) is 7.67. The molecule has 4 nitrogen and oxygen atoms in total. The molecule has 0 unspecified atom stereocenters. The molecule has 0 saturated heterocycles. The van der Waals surface area contributed by atoms with E-state index in [2.05, 4.69) is 0 Å². The summed E-state index contributed by atoms with van der Waals surface area (Å²) in [6, 6.07) is 14.6. The lowest BCUT2D eigenvalue weighted by molar-refractivity contribution is 0.0894. The van der Waals surface area contributed by atoms with E-state index in [0.717, 1.165) is 11.4 Å². The van der Waals surface area contributed by atoms with Crippen molar-refractivity contribution in [1.29, 1.82) is 0 Å². The first-order valence-corrected chi connectivity index (χ1v) is 7.49. The van der Waals surface area contributed by atoms with Gasteiger partial charge in [-0.25, -0.2) is 0 Å². The maximum atomic E-state index is 12.4. The van der Waals surface area contributed by atoms with Crippen LogP contribution in [0.3, 0.4) is 0 Å². The van der Waals surface area contributed by atoms with Crippen molar-refractivity contribution in [3.8, 4) is 0 Å². The number of hydrogen-bond acceptors (Lipinski definition) is 4. The molecular formula is C19H22N2O2. The molecule has 0 aliphatic rings. The van der Waals surface area contributed by atoms with Crippen molar-refractivity contribution in [2.24, 2.45) is 0 Å². The highest BCUT2D eigenvalue weighted by molar-refractivity contribution is 6.14. The second kappa shape index (κ2) is 7.09. The zero-order chi connectivity index (χ0) is 17.0. The topological polar surface area (TPSA) is 40.6 Å². The lowest BCUT2D eigenvalue weighted by Crippen LogP contribution is -2.13. The number of nitrogens with zero attached hydrogens (tertiary/aromatic N) is 2. The first-order valence-electron chi connectivity index (χ1n) is 7.49. The quantitative estimate of drug-likeness (QED) is 0.606. The van der Waals surface area contributed by atoms with Crippen LogP contribution in [0, 0.1) is 0 Å². The fraction of sp³-hybridized carbons (Fsp3) is 0.263. The maximum absolute atomic E-state index is 12.4. The van der Waals surface area contributed by atoms with Gasteiger partial charge in [-0.05, 0) is 24.3 Å². The van der Waals surface area contributed by atoms with E-state index in [9.17, 15) is 9.59 Å². The molecule has 0 heterocycles. The van der Waals surface area contributed by atoms with E-state index in [1.54, 1.807) is 12.1 Å². The van der Waals surface area contributed by atoms with Crippen molar-refractivity contribution in [1.82, 2.24) is 0 Å². The summed E-state index contributed by atoms with van der Waals surface area (Å²) in [6.45, 7) is 0. The minimum absolute atomic E-state index is 0.117. The Morgan fingerprint density at radius 2 is 1.13 bits per heavy atom. The molecule has 0 aromatic heterocycles. The summed E-state index contributed by atoms with van der Waals surface area (Å²) < 4.78 is 0. The van der Waals surface area contributed by atoms with Crippen LogP contribution in [-0.4, -0.2) is 39.8 Å². The Morgan fingerprint density at radius 3 is 1.48 bits per heavy atom. The zero-order valence-electron chi connectivity index (χ0n) is 14.0. The van der Waals surface area contributed by atoms with Crippen LogP contribution in [0.2, 0.25) is 0 Å². The fourth-order valence-electron chi connectivity index (χ4n) is 2.27. The highest BCUT2D eigenvalue weighted by Gasteiger charge is 2.15. The summed E-state index contributed by atoms with van der Waals surface area (Å²) >= 11 is 0. The van der Waals surface area contributed by atoms with Gasteiger partial charge in [0.15, 0.2) is 11.6 Å². The van der Waals surface area contributed by atoms with Gasteiger partial charge in [0, 0.05) is 50.7 Å². The molecule has 120 valence electrons. The summed E-state index contributed by atoms with van der Waals surface area (Å²) in [5, 5.41) is 0. The Kier molecular flexibility index (Phi) is 5.16. The van der Waals surface area contributed by atoms with Crippen LogP contribution in [0.5, 0.6) is 0 Å². The van der Waals surface area contributed by atoms with E-state index < -0.39 is 0 Å². The van der Waals surface area contributed by atoms with E-state index >= 15 is 0 Å². The minimum Gasteiger partial charge on any atom is -0.378 e. The van der Waals surface area contributed by atoms with Crippen molar-refractivity contribution in [2.45, 2.75) is 6.42 Å². The molecule has 0 atom stereocenters. The number of rotatable bonds is 6. The van der Waals surface area contributed by atoms with Crippen molar-refractivity contribution >= 4 is 22.9 Å². The largest absolute Gasteiger partial charge is 0.378 e. The summed E-state index contributed by atoms with van der Waals surface area (Å²) in [5.74, 6) is -0.317. The van der Waals surface area contributed by atoms with Crippen LogP contribution < -0.4 is 9.80 Å². The van der Waals surface area contributed by atoms with Crippen LogP contribution >= 0.6 is 0 Å². The number of hydrogen-bond donors (Lipinski definition) is 0. The highest BCUT2D eigenvalue weighted by Crippen LogP contribution is 2.18. The molecule has 0 fully saturated rings. The van der Waals surface area contributed by atoms with Crippen LogP contribution in [0.1, 0.15) is 27.1 Å². The van der Waals surface area contributed by atoms with Gasteiger partial charge in [0.25, 0.3) is 0 Å². The molecule has 0 spiro atoms. The molecule has 2 aromatic carbocycles. The molecule has 0 saturated carbocycles. The molecular weight excluding hydrogens is 288 g/mol. The number of carbonyl (C=O) groups excluding carboxylic acids is 2. The maximum Gasteiger partial charge on any atom is 0.170 e. The second-order valence-electron chi connectivity index (χ2n) is 5.91. The average Bonchev–Trinajstić information content (AvgIpc) is 2.54. The standard InChI is InChI=1S/C19H22N2O2/c1-20(2)16-9-5-7-14(11-16)18(22)13-19(23)15-8-6-10-17(12-15)21(3)4/h5-12H,13H2,1-4H3. The predicted molar refractivity (Wildman–Crippen MR) is 94.8 cm³/mol. The fourth-order valence-corrected chi connectivity index (χ4v) is 2.27. The molecule has 4 heteroatoms. The van der Waals surface area contributed by atoms with E-state index in [4.69, 9.17) is 0 Å². The molecule has 23 heavy (non-hydrogen) atoms. The first-order chi connectivity index (χ1) is 10.9. The molecule has 0 aliphatic heterocycles. The first kappa shape index (κ1) is 16.7. The Morgan fingerprint density at radius 1 is 0.739 bits per heavy atom. The van der Waals surface area contributed by atoms with Crippen molar-refractivity contribution in [2.75, 3.05) is 38.0 Å². The third-order valence-corrected chi connectivity index (χ3v) is 3.69. The minimum atomic E-state index is -0.158.